The Bertz CT molecular complexity index is 598. The number of rotatable bonds is 6. The van der Waals surface area contributed by atoms with Gasteiger partial charge < -0.3 is 15.4 Å². The zero-order chi connectivity index (χ0) is 15.2. The predicted molar refractivity (Wildman–Crippen MR) is 91.0 cm³/mol. The van der Waals surface area contributed by atoms with Crippen molar-refractivity contribution < 1.29 is 9.53 Å². The van der Waals surface area contributed by atoms with Crippen LogP contribution in [-0.4, -0.2) is 19.6 Å². The van der Waals surface area contributed by atoms with Gasteiger partial charge in [-0.1, -0.05) is 0 Å². The third-order valence-corrected chi connectivity index (χ3v) is 4.65. The standard InChI is InChI=1S/C15H17BrN2O2S/c1-10(13-7-8-14(16)21-13)17-11-3-5-12(6-4-11)18-15(19)9-20-2/h3-8,10,17H,9H2,1-2H3,(H,18,19). The first kappa shape index (κ1) is 16.0. The smallest absolute Gasteiger partial charge is 0.250 e. The van der Waals surface area contributed by atoms with Gasteiger partial charge in [-0.3, -0.25) is 4.79 Å². The maximum absolute atomic E-state index is 11.4. The minimum absolute atomic E-state index is 0.0598. The first-order chi connectivity index (χ1) is 10.1. The Hall–Kier alpha value is -1.37. The number of thiophene rings is 1. The number of benzene rings is 1. The molecule has 4 nitrogen and oxygen atoms in total. The fourth-order valence-corrected chi connectivity index (χ4v) is 3.29. The molecule has 1 amide bonds. The summed E-state index contributed by atoms with van der Waals surface area (Å²) in [6, 6.07) is 12.0. The van der Waals surface area contributed by atoms with Crippen LogP contribution in [0.2, 0.25) is 0 Å². The summed E-state index contributed by atoms with van der Waals surface area (Å²) in [5.41, 5.74) is 1.77. The lowest BCUT2D eigenvalue weighted by atomic mass is 10.2. The van der Waals surface area contributed by atoms with E-state index in [-0.39, 0.29) is 18.6 Å². The summed E-state index contributed by atoms with van der Waals surface area (Å²) in [6.45, 7) is 2.18. The lowest BCUT2D eigenvalue weighted by Gasteiger charge is -2.14. The molecule has 0 saturated heterocycles. The van der Waals surface area contributed by atoms with Crippen LogP contribution in [0.3, 0.4) is 0 Å². The highest BCUT2D eigenvalue weighted by molar-refractivity contribution is 9.11. The van der Waals surface area contributed by atoms with E-state index < -0.39 is 0 Å². The molecule has 6 heteroatoms. The van der Waals surface area contributed by atoms with Gasteiger partial charge in [-0.2, -0.15) is 0 Å². The van der Waals surface area contributed by atoms with Crippen LogP contribution < -0.4 is 10.6 Å². The monoisotopic (exact) mass is 368 g/mol. The highest BCUT2D eigenvalue weighted by atomic mass is 79.9. The second kappa shape index (κ2) is 7.59. The normalized spacial score (nSPS) is 12.0. The molecule has 2 aromatic rings. The predicted octanol–water partition coefficient (Wildman–Crippen LogP) is 4.27. The minimum atomic E-state index is -0.157. The Kier molecular flexibility index (Phi) is 5.78. The Morgan fingerprint density at radius 2 is 1.90 bits per heavy atom. The highest BCUT2D eigenvalue weighted by Crippen LogP contribution is 2.29. The van der Waals surface area contributed by atoms with E-state index in [1.54, 1.807) is 11.3 Å². The number of methoxy groups -OCH3 is 1. The SMILES string of the molecule is COCC(=O)Nc1ccc(NC(C)c2ccc(Br)s2)cc1. The number of hydrogen-bond acceptors (Lipinski definition) is 4. The molecule has 0 radical (unpaired) electrons. The molecule has 1 unspecified atom stereocenters. The van der Waals surface area contributed by atoms with Crippen molar-refractivity contribution in [3.05, 3.63) is 45.1 Å². The van der Waals surface area contributed by atoms with Gasteiger partial charge in [0, 0.05) is 23.4 Å². The number of halogens is 1. The van der Waals surface area contributed by atoms with E-state index in [0.717, 1.165) is 15.2 Å². The molecule has 1 atom stereocenters. The van der Waals surface area contributed by atoms with Crippen LogP contribution >= 0.6 is 27.3 Å². The number of hydrogen-bond donors (Lipinski definition) is 2. The fourth-order valence-electron chi connectivity index (χ4n) is 1.86. The van der Waals surface area contributed by atoms with Gasteiger partial charge in [-0.05, 0) is 59.3 Å². The lowest BCUT2D eigenvalue weighted by molar-refractivity contribution is -0.119. The van der Waals surface area contributed by atoms with Gasteiger partial charge in [0.25, 0.3) is 0 Å². The zero-order valence-electron chi connectivity index (χ0n) is 11.9. The molecule has 0 aliphatic carbocycles. The summed E-state index contributed by atoms with van der Waals surface area (Å²) in [5.74, 6) is -0.157. The number of anilines is 2. The third-order valence-electron chi connectivity index (χ3n) is 2.85. The summed E-state index contributed by atoms with van der Waals surface area (Å²) in [5, 5.41) is 6.19. The maximum Gasteiger partial charge on any atom is 0.250 e. The van der Waals surface area contributed by atoms with E-state index in [0.29, 0.717) is 0 Å². The Morgan fingerprint density at radius 1 is 1.24 bits per heavy atom. The largest absolute Gasteiger partial charge is 0.378 e. The van der Waals surface area contributed by atoms with Gasteiger partial charge in [0.2, 0.25) is 5.91 Å². The third kappa shape index (κ3) is 4.84. The topological polar surface area (TPSA) is 50.4 Å². The van der Waals surface area contributed by atoms with E-state index in [1.165, 1.54) is 12.0 Å². The fraction of sp³-hybridized carbons (Fsp3) is 0.267. The average molecular weight is 369 g/mol. The van der Waals surface area contributed by atoms with Gasteiger partial charge >= 0.3 is 0 Å². The number of carbonyl (C=O) groups is 1. The zero-order valence-corrected chi connectivity index (χ0v) is 14.3. The van der Waals surface area contributed by atoms with Crippen molar-refractivity contribution in [2.24, 2.45) is 0 Å². The van der Waals surface area contributed by atoms with Crippen LogP contribution in [-0.2, 0) is 9.53 Å². The summed E-state index contributed by atoms with van der Waals surface area (Å²) < 4.78 is 5.90. The lowest BCUT2D eigenvalue weighted by Crippen LogP contribution is -2.17. The van der Waals surface area contributed by atoms with Crippen LogP contribution in [0.1, 0.15) is 17.8 Å². The summed E-state index contributed by atoms with van der Waals surface area (Å²) >= 11 is 5.19. The van der Waals surface area contributed by atoms with E-state index in [9.17, 15) is 4.79 Å². The van der Waals surface area contributed by atoms with Crippen LogP contribution in [0.5, 0.6) is 0 Å². The summed E-state index contributed by atoms with van der Waals surface area (Å²) in [7, 11) is 1.50. The molecule has 0 saturated carbocycles. The first-order valence-electron chi connectivity index (χ1n) is 6.49. The van der Waals surface area contributed by atoms with Gasteiger partial charge in [-0.15, -0.1) is 11.3 Å². The molecule has 1 aromatic heterocycles. The number of amides is 1. The van der Waals surface area contributed by atoms with Crippen LogP contribution in [0.4, 0.5) is 11.4 Å². The van der Waals surface area contributed by atoms with Gasteiger partial charge in [0.05, 0.1) is 9.83 Å². The number of ether oxygens (including phenoxy) is 1. The molecule has 0 fully saturated rings. The van der Waals surface area contributed by atoms with E-state index in [1.807, 2.05) is 30.3 Å². The van der Waals surface area contributed by atoms with E-state index >= 15 is 0 Å². The molecule has 0 spiro atoms. The van der Waals surface area contributed by atoms with Gasteiger partial charge in [-0.25, -0.2) is 0 Å². The molecule has 0 aliphatic heterocycles. The first-order valence-corrected chi connectivity index (χ1v) is 8.10. The minimum Gasteiger partial charge on any atom is -0.378 e. The molecule has 1 aromatic carbocycles. The highest BCUT2D eigenvalue weighted by Gasteiger charge is 2.08. The van der Waals surface area contributed by atoms with E-state index in [2.05, 4.69) is 39.6 Å². The Labute approximate surface area is 136 Å². The van der Waals surface area contributed by atoms with Crippen molar-refractivity contribution >= 4 is 44.5 Å². The summed E-state index contributed by atoms with van der Waals surface area (Å²) in [6.07, 6.45) is 0. The number of carbonyl (C=O) groups excluding carboxylic acids is 1. The average Bonchev–Trinajstić information content (AvgIpc) is 2.88. The van der Waals surface area contributed by atoms with Gasteiger partial charge in [0.15, 0.2) is 0 Å². The molecule has 0 bridgehead atoms. The molecular weight excluding hydrogens is 352 g/mol. The van der Waals surface area contributed by atoms with Crippen molar-refractivity contribution in [1.29, 1.82) is 0 Å². The molecule has 2 rings (SSSR count). The van der Waals surface area contributed by atoms with Crippen LogP contribution in [0.15, 0.2) is 40.2 Å². The second-order valence-corrected chi connectivity index (χ2v) is 7.06. The Morgan fingerprint density at radius 3 is 2.48 bits per heavy atom. The molecule has 0 aliphatic rings. The van der Waals surface area contributed by atoms with Crippen molar-refractivity contribution in [2.45, 2.75) is 13.0 Å². The van der Waals surface area contributed by atoms with Crippen LogP contribution in [0, 0.1) is 0 Å². The molecule has 2 N–H and O–H groups in total. The Balaban J connectivity index is 1.94. The second-order valence-electron chi connectivity index (χ2n) is 4.57. The van der Waals surface area contributed by atoms with Gasteiger partial charge in [0.1, 0.15) is 6.61 Å². The number of nitrogens with one attached hydrogen (secondary N) is 2. The van der Waals surface area contributed by atoms with E-state index in [4.69, 9.17) is 4.74 Å². The van der Waals surface area contributed by atoms with Crippen molar-refractivity contribution in [2.75, 3.05) is 24.4 Å². The van der Waals surface area contributed by atoms with Crippen molar-refractivity contribution in [3.63, 3.8) is 0 Å². The molecule has 112 valence electrons. The molecular formula is C15H17BrN2O2S. The van der Waals surface area contributed by atoms with Crippen LogP contribution in [0.25, 0.3) is 0 Å². The van der Waals surface area contributed by atoms with Crippen molar-refractivity contribution in [1.82, 2.24) is 0 Å². The molecule has 21 heavy (non-hydrogen) atoms. The molecule has 1 heterocycles. The van der Waals surface area contributed by atoms with Crippen molar-refractivity contribution in [3.8, 4) is 0 Å². The summed E-state index contributed by atoms with van der Waals surface area (Å²) in [4.78, 5) is 12.7. The quantitative estimate of drug-likeness (QED) is 0.800. The maximum atomic E-state index is 11.4.